The maximum absolute atomic E-state index is 15.1. The predicted molar refractivity (Wildman–Crippen MR) is 256 cm³/mol. The number of hydrogen-bond donors (Lipinski definition) is 5. The minimum Gasteiger partial charge on any atom is -0.508 e. The number of benzene rings is 5. The van der Waals surface area contributed by atoms with Crippen LogP contribution in [0.5, 0.6) is 11.5 Å². The summed E-state index contributed by atoms with van der Waals surface area (Å²) in [6, 6.07) is 30.5. The Kier molecular flexibility index (Phi) is 18.3. The molecule has 14 nitrogen and oxygen atoms in total. The lowest BCUT2D eigenvalue weighted by molar-refractivity contribution is -0.170. The number of piperidine rings is 1. The highest BCUT2D eigenvalue weighted by Crippen LogP contribution is 2.36. The number of aliphatic carboxylic acids is 3. The maximum Gasteiger partial charge on any atom is 0.336 e. The van der Waals surface area contributed by atoms with Gasteiger partial charge in [0.05, 0.1) is 58.0 Å². The molecule has 1 aliphatic heterocycles. The van der Waals surface area contributed by atoms with E-state index in [9.17, 15) is 29.0 Å². The summed E-state index contributed by atoms with van der Waals surface area (Å²) in [4.78, 5) is 50.6. The number of methoxy groups -OCH3 is 1. The van der Waals surface area contributed by atoms with E-state index < -0.39 is 47.2 Å². The number of halogens is 2. The number of fused-ring (bicyclic) bond motifs is 1. The van der Waals surface area contributed by atoms with Gasteiger partial charge in [-0.25, -0.2) is 4.79 Å². The molecule has 0 saturated carbocycles. The summed E-state index contributed by atoms with van der Waals surface area (Å²) in [6.45, 7) is 5.04. The first-order valence-electron chi connectivity index (χ1n) is 21.5. The average molecular weight is 975 g/mol. The lowest BCUT2D eigenvalue weighted by Gasteiger charge is -2.35. The van der Waals surface area contributed by atoms with Crippen LogP contribution in [0.4, 0.5) is 0 Å². The number of carboxylic acid groups (broad SMARTS) is 3. The Morgan fingerprint density at radius 1 is 0.925 bits per heavy atom. The summed E-state index contributed by atoms with van der Waals surface area (Å²) in [5.41, 5.74) is 1.70. The van der Waals surface area contributed by atoms with E-state index in [0.29, 0.717) is 56.9 Å². The molecule has 1 heterocycles. The molecule has 0 bridgehead atoms. The second-order valence-electron chi connectivity index (χ2n) is 16.4. The lowest BCUT2D eigenvalue weighted by Crippen LogP contribution is -2.42. The van der Waals surface area contributed by atoms with Crippen LogP contribution in [-0.2, 0) is 38.1 Å². The Morgan fingerprint density at radius 2 is 1.58 bits per heavy atom. The van der Waals surface area contributed by atoms with Crippen LogP contribution >= 0.6 is 23.2 Å². The zero-order valence-corrected chi connectivity index (χ0v) is 39.6. The van der Waals surface area contributed by atoms with Crippen LogP contribution in [-0.4, -0.2) is 109 Å². The fourth-order valence-electron chi connectivity index (χ4n) is 8.47. The van der Waals surface area contributed by atoms with E-state index in [1.807, 2.05) is 78.6 Å². The number of nitrogens with zero attached hydrogens (tertiary/aromatic N) is 3. The fourth-order valence-corrected chi connectivity index (χ4v) is 9.63. The molecule has 2 atom stereocenters. The van der Waals surface area contributed by atoms with Gasteiger partial charge >= 0.3 is 17.9 Å². The Morgan fingerprint density at radius 3 is 2.16 bits per heavy atom. The average Bonchev–Trinajstić information content (AvgIpc) is 3.30. The Balaban J connectivity index is 0.000000563. The molecule has 0 aromatic heterocycles. The molecule has 0 spiro atoms. The highest BCUT2D eigenvalue weighted by molar-refractivity contribution is 7.84. The number of ether oxygens (including phenoxy) is 1. The van der Waals surface area contributed by atoms with Crippen molar-refractivity contribution in [1.29, 1.82) is 5.26 Å². The number of carbonyl (C=O) groups is 4. The van der Waals surface area contributed by atoms with Crippen molar-refractivity contribution >= 4 is 68.6 Å². The monoisotopic (exact) mass is 973 g/mol. The molecular formula is C50H53Cl2N3O11S. The Bertz CT molecular complexity index is 2670. The molecule has 17 heteroatoms. The van der Waals surface area contributed by atoms with Gasteiger partial charge in [0.1, 0.15) is 11.5 Å². The predicted octanol–water partition coefficient (Wildman–Crippen LogP) is 8.48. The number of carboxylic acids is 3. The summed E-state index contributed by atoms with van der Waals surface area (Å²) < 4.78 is 18.1. The minimum atomic E-state index is -2.74. The van der Waals surface area contributed by atoms with Gasteiger partial charge in [-0.05, 0) is 115 Å². The second kappa shape index (κ2) is 23.6. The molecule has 354 valence electrons. The third-order valence-electron chi connectivity index (χ3n) is 12.0. The SMILES string of the molecule is CCc1c(C#N)cc2ccccc2c1C(=O)N(Cc1ccccc1O)C[C@@H](CCN1CCC(c2ccc(OC)cc2[S@](C)=O)CC1)c1ccc(Cl)c(Cl)c1.O=C(O)CC(O)(CC(=O)O)C(=O)O. The van der Waals surface area contributed by atoms with Gasteiger partial charge < -0.3 is 40.1 Å². The van der Waals surface area contributed by atoms with Crippen molar-refractivity contribution in [3.8, 4) is 17.6 Å². The van der Waals surface area contributed by atoms with Crippen molar-refractivity contribution in [1.82, 2.24) is 9.80 Å². The number of phenolic OH excluding ortho intramolecular Hbond substituents is 1. The molecule has 5 aromatic carbocycles. The molecule has 0 aliphatic carbocycles. The summed E-state index contributed by atoms with van der Waals surface area (Å²) in [5, 5.41) is 57.4. The number of aromatic hydroxyl groups is 1. The molecule has 5 aromatic rings. The summed E-state index contributed by atoms with van der Waals surface area (Å²) in [5.74, 6) is -4.22. The second-order valence-corrected chi connectivity index (χ2v) is 18.6. The molecule has 1 saturated heterocycles. The third-order valence-corrected chi connectivity index (χ3v) is 13.7. The Hall–Kier alpha value is -6.02. The van der Waals surface area contributed by atoms with E-state index in [2.05, 4.69) is 17.0 Å². The zero-order valence-electron chi connectivity index (χ0n) is 37.3. The van der Waals surface area contributed by atoms with E-state index in [1.54, 1.807) is 31.6 Å². The van der Waals surface area contributed by atoms with Crippen molar-refractivity contribution < 1.29 is 53.7 Å². The number of likely N-dealkylation sites (tertiary alicyclic amines) is 1. The van der Waals surface area contributed by atoms with Crippen molar-refractivity contribution in [2.24, 2.45) is 0 Å². The first-order valence-corrected chi connectivity index (χ1v) is 23.8. The first-order chi connectivity index (χ1) is 31.9. The van der Waals surface area contributed by atoms with Crippen LogP contribution in [0.3, 0.4) is 0 Å². The smallest absolute Gasteiger partial charge is 0.336 e. The van der Waals surface area contributed by atoms with E-state index in [0.717, 1.165) is 65.7 Å². The summed E-state index contributed by atoms with van der Waals surface area (Å²) in [6.07, 6.45) is 2.55. The van der Waals surface area contributed by atoms with Gasteiger partial charge in [0.15, 0.2) is 5.60 Å². The topological polar surface area (TPSA) is 226 Å². The third kappa shape index (κ3) is 13.3. The standard InChI is InChI=1S/C44H45Cl2N3O4S.C6H8O7/c1-4-36-34(26-47)23-31-9-5-7-11-38(31)43(36)44(51)49(28-33-10-6-8-12-41(33)50)27-32(30-13-16-39(45)40(46)24-30)19-22-48-20-17-29(18-21-48)37-15-14-35(53-2)25-42(37)54(3)52;7-3(8)1-6(13,5(11)12)2-4(9)10/h5-16,23-25,29,32,50H,4,17-22,27-28H2,1-3H3;13H,1-2H2,(H,7,8)(H,9,10)(H,11,12)/t32-,54+;/m1./s1. The van der Waals surface area contributed by atoms with Crippen LogP contribution < -0.4 is 4.74 Å². The lowest BCUT2D eigenvalue weighted by atomic mass is 9.88. The van der Waals surface area contributed by atoms with Gasteiger partial charge in [0.25, 0.3) is 5.91 Å². The van der Waals surface area contributed by atoms with Crippen LogP contribution in [0.15, 0.2) is 95.9 Å². The number of phenols is 1. The molecule has 0 radical (unpaired) electrons. The van der Waals surface area contributed by atoms with E-state index in [1.165, 1.54) is 0 Å². The number of para-hydroxylation sites is 1. The van der Waals surface area contributed by atoms with E-state index in [-0.39, 0.29) is 24.1 Å². The molecule has 1 fully saturated rings. The molecule has 67 heavy (non-hydrogen) atoms. The highest BCUT2D eigenvalue weighted by atomic mass is 35.5. The van der Waals surface area contributed by atoms with Gasteiger partial charge in [-0.2, -0.15) is 5.26 Å². The fraction of sp³-hybridized carbons (Fsp3) is 0.340. The van der Waals surface area contributed by atoms with Gasteiger partial charge in [-0.3, -0.25) is 18.6 Å². The van der Waals surface area contributed by atoms with Crippen LogP contribution in [0.1, 0.15) is 89.0 Å². The van der Waals surface area contributed by atoms with Crippen molar-refractivity contribution in [3.05, 3.63) is 134 Å². The number of aliphatic hydroxyl groups is 1. The summed E-state index contributed by atoms with van der Waals surface area (Å²) >= 11 is 13.0. The van der Waals surface area contributed by atoms with Crippen LogP contribution in [0.25, 0.3) is 10.8 Å². The number of amides is 1. The molecule has 1 amide bonds. The van der Waals surface area contributed by atoms with Gasteiger partial charge in [0.2, 0.25) is 0 Å². The minimum absolute atomic E-state index is 0.113. The zero-order chi connectivity index (χ0) is 49.0. The Labute approximate surface area is 401 Å². The summed E-state index contributed by atoms with van der Waals surface area (Å²) in [7, 11) is 0.496. The molecule has 1 aliphatic rings. The van der Waals surface area contributed by atoms with Crippen LogP contribution in [0.2, 0.25) is 10.0 Å². The molecule has 5 N–H and O–H groups in total. The van der Waals surface area contributed by atoms with Crippen LogP contribution in [0, 0.1) is 11.3 Å². The number of carbonyl (C=O) groups excluding carboxylic acids is 1. The first kappa shape index (κ1) is 52.0. The van der Waals surface area contributed by atoms with Gasteiger partial charge in [0, 0.05) is 35.7 Å². The van der Waals surface area contributed by atoms with Gasteiger partial charge in [-0.15, -0.1) is 0 Å². The van der Waals surface area contributed by atoms with Crippen molar-refractivity contribution in [2.75, 3.05) is 39.5 Å². The van der Waals surface area contributed by atoms with Gasteiger partial charge in [-0.1, -0.05) is 84.7 Å². The number of nitriles is 1. The van der Waals surface area contributed by atoms with Crippen molar-refractivity contribution in [3.63, 3.8) is 0 Å². The molecular weight excluding hydrogens is 922 g/mol. The highest BCUT2D eigenvalue weighted by Gasteiger charge is 2.41. The number of rotatable bonds is 18. The maximum atomic E-state index is 15.1. The van der Waals surface area contributed by atoms with E-state index >= 15 is 4.79 Å². The van der Waals surface area contributed by atoms with E-state index in [4.69, 9.17) is 48.4 Å². The molecule has 0 unspecified atom stereocenters. The number of hydrogen-bond acceptors (Lipinski definition) is 10. The quantitative estimate of drug-likeness (QED) is 0.0556. The molecule has 6 rings (SSSR count). The van der Waals surface area contributed by atoms with Crippen molar-refractivity contribution in [2.45, 2.75) is 74.3 Å². The normalized spacial score (nSPS) is 14.0. The largest absolute Gasteiger partial charge is 0.508 e.